The summed E-state index contributed by atoms with van der Waals surface area (Å²) in [4.78, 5) is 8.52. The Morgan fingerprint density at radius 3 is 2.59 bits per heavy atom. The van der Waals surface area contributed by atoms with E-state index in [1.807, 2.05) is 31.4 Å². The SMILES string of the molecule is COC1CCC(CNC[C@@H]2CC(C)C[C@@](C)(CNc3nc(NCc4ccccc4Cl)ncc3F)C2)CC1. The number of anilines is 2. The fourth-order valence-electron chi connectivity index (χ4n) is 6.41. The number of hydrogen-bond donors (Lipinski definition) is 3. The van der Waals surface area contributed by atoms with Crippen LogP contribution in [0, 0.1) is 29.0 Å². The van der Waals surface area contributed by atoms with Crippen LogP contribution in [0.4, 0.5) is 16.2 Å². The first-order chi connectivity index (χ1) is 17.8. The highest BCUT2D eigenvalue weighted by atomic mass is 35.5. The number of ether oxygens (including phenoxy) is 1. The maximum atomic E-state index is 14.6. The summed E-state index contributed by atoms with van der Waals surface area (Å²) in [6.45, 7) is 7.99. The molecular weight excluding hydrogens is 489 g/mol. The van der Waals surface area contributed by atoms with Crippen LogP contribution in [0.1, 0.15) is 64.4 Å². The highest BCUT2D eigenvalue weighted by Gasteiger charge is 2.35. The summed E-state index contributed by atoms with van der Waals surface area (Å²) in [5.41, 5.74) is 1.03. The molecular formula is C29H43ClFN5O. The molecule has 2 aliphatic carbocycles. The van der Waals surface area contributed by atoms with E-state index in [-0.39, 0.29) is 11.2 Å². The summed E-state index contributed by atoms with van der Waals surface area (Å²) in [6.07, 6.45) is 10.1. The van der Waals surface area contributed by atoms with Crippen molar-refractivity contribution in [1.82, 2.24) is 15.3 Å². The van der Waals surface area contributed by atoms with Crippen LogP contribution in [-0.4, -0.2) is 42.8 Å². The van der Waals surface area contributed by atoms with Crippen molar-refractivity contribution >= 4 is 23.4 Å². The van der Waals surface area contributed by atoms with Gasteiger partial charge in [-0.1, -0.05) is 43.6 Å². The van der Waals surface area contributed by atoms with Crippen molar-refractivity contribution in [3.63, 3.8) is 0 Å². The topological polar surface area (TPSA) is 71.1 Å². The maximum Gasteiger partial charge on any atom is 0.225 e. The second-order valence-corrected chi connectivity index (χ2v) is 12.1. The number of aromatic nitrogens is 2. The second-order valence-electron chi connectivity index (χ2n) is 11.7. The van der Waals surface area contributed by atoms with Gasteiger partial charge >= 0.3 is 0 Å². The van der Waals surface area contributed by atoms with Crippen LogP contribution >= 0.6 is 11.6 Å². The maximum absolute atomic E-state index is 14.6. The van der Waals surface area contributed by atoms with Crippen LogP contribution in [0.15, 0.2) is 30.5 Å². The van der Waals surface area contributed by atoms with Gasteiger partial charge in [-0.25, -0.2) is 9.37 Å². The fraction of sp³-hybridized carbons (Fsp3) is 0.655. The standard InChI is InChI=1S/C29H43ClFN5O/c1-20-12-22(16-32-15-21-8-10-24(37-3)11-9-21)14-29(2,13-20)19-35-27-26(31)18-34-28(36-27)33-17-23-6-4-5-7-25(23)30/h4-7,18,20-22,24,32H,8-17,19H2,1-3H3,(H2,33,34,35,36)/t20?,21?,22-,24?,29-/m1/s1. The summed E-state index contributed by atoms with van der Waals surface area (Å²) in [5.74, 6) is 2.24. The van der Waals surface area contributed by atoms with E-state index in [1.54, 1.807) is 0 Å². The van der Waals surface area contributed by atoms with Gasteiger partial charge in [-0.05, 0) is 92.8 Å². The molecule has 1 unspecified atom stereocenters. The van der Waals surface area contributed by atoms with Gasteiger partial charge in [0.25, 0.3) is 0 Å². The number of rotatable bonds is 11. The Labute approximate surface area is 226 Å². The van der Waals surface area contributed by atoms with E-state index in [9.17, 15) is 4.39 Å². The largest absolute Gasteiger partial charge is 0.381 e. The van der Waals surface area contributed by atoms with E-state index in [0.29, 0.717) is 42.0 Å². The van der Waals surface area contributed by atoms with E-state index in [0.717, 1.165) is 37.4 Å². The molecule has 0 aliphatic heterocycles. The van der Waals surface area contributed by atoms with Crippen molar-refractivity contribution in [3.05, 3.63) is 46.9 Å². The molecule has 204 valence electrons. The molecule has 0 bridgehead atoms. The molecule has 0 saturated heterocycles. The molecule has 37 heavy (non-hydrogen) atoms. The number of halogens is 2. The van der Waals surface area contributed by atoms with Crippen LogP contribution in [0.5, 0.6) is 0 Å². The van der Waals surface area contributed by atoms with Crippen molar-refractivity contribution in [2.24, 2.45) is 23.2 Å². The lowest BCUT2D eigenvalue weighted by molar-refractivity contribution is 0.0561. The van der Waals surface area contributed by atoms with Crippen molar-refractivity contribution < 1.29 is 9.13 Å². The Hall–Kier alpha value is -1.96. The number of nitrogens with one attached hydrogen (secondary N) is 3. The molecule has 2 aliphatic rings. The number of hydrogen-bond acceptors (Lipinski definition) is 6. The number of benzene rings is 1. The Morgan fingerprint density at radius 1 is 1.08 bits per heavy atom. The molecule has 3 N–H and O–H groups in total. The van der Waals surface area contributed by atoms with E-state index in [4.69, 9.17) is 16.3 Å². The molecule has 1 heterocycles. The molecule has 0 spiro atoms. The monoisotopic (exact) mass is 531 g/mol. The van der Waals surface area contributed by atoms with Gasteiger partial charge in [-0.15, -0.1) is 0 Å². The van der Waals surface area contributed by atoms with Crippen LogP contribution in [0.3, 0.4) is 0 Å². The Bertz CT molecular complexity index is 1000. The fourth-order valence-corrected chi connectivity index (χ4v) is 6.61. The third kappa shape index (κ3) is 8.26. The summed E-state index contributed by atoms with van der Waals surface area (Å²) < 4.78 is 20.1. The zero-order chi connectivity index (χ0) is 26.3. The quantitative estimate of drug-likeness (QED) is 0.306. The zero-order valence-corrected chi connectivity index (χ0v) is 23.3. The predicted molar refractivity (Wildman–Crippen MR) is 149 cm³/mol. The normalized spacial score (nSPS) is 28.1. The lowest BCUT2D eigenvalue weighted by Gasteiger charge is -2.42. The van der Waals surface area contributed by atoms with Gasteiger partial charge in [0.05, 0.1) is 12.3 Å². The van der Waals surface area contributed by atoms with Gasteiger partial charge in [0, 0.05) is 25.2 Å². The number of methoxy groups -OCH3 is 1. The Balaban J connectivity index is 1.27. The lowest BCUT2D eigenvalue weighted by Crippen LogP contribution is -2.40. The zero-order valence-electron chi connectivity index (χ0n) is 22.5. The van der Waals surface area contributed by atoms with E-state index < -0.39 is 5.82 Å². The first-order valence-corrected chi connectivity index (χ1v) is 14.2. The van der Waals surface area contributed by atoms with Crippen LogP contribution in [0.2, 0.25) is 5.02 Å². The van der Waals surface area contributed by atoms with Gasteiger partial charge in [-0.2, -0.15) is 4.98 Å². The minimum atomic E-state index is -0.433. The first-order valence-electron chi connectivity index (χ1n) is 13.8. The average Bonchev–Trinajstić information content (AvgIpc) is 2.88. The smallest absolute Gasteiger partial charge is 0.225 e. The minimum absolute atomic E-state index is 0.0864. The van der Waals surface area contributed by atoms with E-state index in [2.05, 4.69) is 39.8 Å². The van der Waals surface area contributed by atoms with Gasteiger partial charge in [-0.3, -0.25) is 0 Å². The average molecular weight is 532 g/mol. The van der Waals surface area contributed by atoms with E-state index in [1.165, 1.54) is 38.3 Å². The Morgan fingerprint density at radius 2 is 1.84 bits per heavy atom. The highest BCUT2D eigenvalue weighted by molar-refractivity contribution is 6.31. The summed E-state index contributed by atoms with van der Waals surface area (Å²) >= 11 is 6.24. The molecule has 0 radical (unpaired) electrons. The minimum Gasteiger partial charge on any atom is -0.381 e. The second kappa shape index (κ2) is 13.2. The third-order valence-corrected chi connectivity index (χ3v) is 8.54. The molecule has 2 fully saturated rings. The Kier molecular flexibility index (Phi) is 10.0. The third-order valence-electron chi connectivity index (χ3n) is 8.17. The van der Waals surface area contributed by atoms with Gasteiger partial charge in [0.15, 0.2) is 11.6 Å². The summed E-state index contributed by atoms with van der Waals surface area (Å²) in [6, 6.07) is 7.62. The van der Waals surface area contributed by atoms with Gasteiger partial charge < -0.3 is 20.7 Å². The van der Waals surface area contributed by atoms with Crippen LogP contribution in [0.25, 0.3) is 0 Å². The van der Waals surface area contributed by atoms with Crippen molar-refractivity contribution in [3.8, 4) is 0 Å². The van der Waals surface area contributed by atoms with Crippen LogP contribution < -0.4 is 16.0 Å². The predicted octanol–water partition coefficient (Wildman–Crippen LogP) is 6.53. The first kappa shape index (κ1) is 28.1. The highest BCUT2D eigenvalue weighted by Crippen LogP contribution is 2.42. The van der Waals surface area contributed by atoms with Crippen LogP contribution in [-0.2, 0) is 11.3 Å². The molecule has 3 atom stereocenters. The molecule has 8 heteroatoms. The molecule has 6 nitrogen and oxygen atoms in total. The van der Waals surface area contributed by atoms with Crippen molar-refractivity contribution in [2.45, 2.75) is 71.4 Å². The number of nitrogens with zero attached hydrogens (tertiary/aromatic N) is 2. The molecule has 2 saturated carbocycles. The van der Waals surface area contributed by atoms with Gasteiger partial charge in [0.1, 0.15) is 0 Å². The molecule has 0 amide bonds. The van der Waals surface area contributed by atoms with E-state index >= 15 is 0 Å². The molecule has 1 aromatic carbocycles. The summed E-state index contributed by atoms with van der Waals surface area (Å²) in [7, 11) is 1.83. The molecule has 1 aromatic heterocycles. The molecule has 2 aromatic rings. The lowest BCUT2D eigenvalue weighted by atomic mass is 9.67. The summed E-state index contributed by atoms with van der Waals surface area (Å²) in [5, 5.41) is 10.9. The van der Waals surface area contributed by atoms with Gasteiger partial charge in [0.2, 0.25) is 5.95 Å². The van der Waals surface area contributed by atoms with Crippen molar-refractivity contribution in [1.29, 1.82) is 0 Å². The molecule has 4 rings (SSSR count). The van der Waals surface area contributed by atoms with Crippen molar-refractivity contribution in [2.75, 3.05) is 37.4 Å².